The number of rotatable bonds is 7. The van der Waals surface area contributed by atoms with E-state index in [4.69, 9.17) is 4.74 Å². The number of carbonyl (C=O) groups excluding carboxylic acids is 2. The fraction of sp³-hybridized carbons (Fsp3) is 0.143. The van der Waals surface area contributed by atoms with E-state index >= 15 is 0 Å². The summed E-state index contributed by atoms with van der Waals surface area (Å²) in [5, 5.41) is 4.68. The van der Waals surface area contributed by atoms with Crippen molar-refractivity contribution >= 4 is 23.2 Å². The van der Waals surface area contributed by atoms with Gasteiger partial charge in [-0.1, -0.05) is 30.3 Å². The van der Waals surface area contributed by atoms with E-state index in [1.54, 1.807) is 12.1 Å². The fourth-order valence-corrected chi connectivity index (χ4v) is 3.40. The topological polar surface area (TPSA) is 55.4 Å². The summed E-state index contributed by atoms with van der Waals surface area (Å²) in [6.45, 7) is -0.441. The minimum atomic E-state index is -0.587. The highest BCUT2D eigenvalue weighted by Gasteiger charge is 2.19. The third-order valence-corrected chi connectivity index (χ3v) is 4.90. The monoisotopic (exact) mass is 401 g/mol. The molecule has 3 aromatic rings. The summed E-state index contributed by atoms with van der Waals surface area (Å²) < 4.78 is 31.1. The lowest BCUT2D eigenvalue weighted by Crippen LogP contribution is -2.33. The van der Waals surface area contributed by atoms with Crippen molar-refractivity contribution in [2.45, 2.75) is 12.5 Å². The van der Waals surface area contributed by atoms with Crippen molar-refractivity contribution in [2.75, 3.05) is 6.61 Å². The summed E-state index contributed by atoms with van der Waals surface area (Å²) in [4.78, 5) is 25.0. The quantitative estimate of drug-likeness (QED) is 0.609. The number of hydrogen-bond acceptors (Lipinski definition) is 4. The number of halogens is 2. The van der Waals surface area contributed by atoms with Crippen LogP contribution in [0.4, 0.5) is 8.78 Å². The van der Waals surface area contributed by atoms with E-state index in [-0.39, 0.29) is 12.2 Å². The molecule has 0 fully saturated rings. The molecule has 7 heteroatoms. The lowest BCUT2D eigenvalue weighted by Gasteiger charge is -2.18. The highest BCUT2D eigenvalue weighted by atomic mass is 32.1. The predicted octanol–water partition coefficient (Wildman–Crippen LogP) is 4.02. The van der Waals surface area contributed by atoms with Crippen LogP contribution >= 0.6 is 11.3 Å². The Labute approximate surface area is 164 Å². The van der Waals surface area contributed by atoms with Gasteiger partial charge in [0.05, 0.1) is 12.5 Å². The van der Waals surface area contributed by atoms with Crippen LogP contribution in [0.15, 0.2) is 66.0 Å². The van der Waals surface area contributed by atoms with Crippen molar-refractivity contribution in [1.29, 1.82) is 0 Å². The van der Waals surface area contributed by atoms with E-state index in [1.807, 2.05) is 17.5 Å². The zero-order chi connectivity index (χ0) is 19.9. The van der Waals surface area contributed by atoms with Gasteiger partial charge in [0.25, 0.3) is 5.91 Å². The number of nitrogens with one attached hydrogen (secondary N) is 1. The Bertz CT molecular complexity index is 925. The maximum absolute atomic E-state index is 13.2. The summed E-state index contributed by atoms with van der Waals surface area (Å²) in [6, 6.07) is 14.6. The second kappa shape index (κ2) is 9.23. The van der Waals surface area contributed by atoms with Crippen molar-refractivity contribution in [3.8, 4) is 0 Å². The first-order valence-corrected chi connectivity index (χ1v) is 9.37. The van der Waals surface area contributed by atoms with Crippen LogP contribution in [-0.4, -0.2) is 18.5 Å². The van der Waals surface area contributed by atoms with Crippen LogP contribution in [0.5, 0.6) is 0 Å². The summed E-state index contributed by atoms with van der Waals surface area (Å²) in [5.74, 6) is -1.82. The molecule has 0 unspecified atom stereocenters. The highest BCUT2D eigenvalue weighted by molar-refractivity contribution is 7.10. The Morgan fingerprint density at radius 3 is 2.21 bits per heavy atom. The Balaban J connectivity index is 1.58. The molecule has 2 aromatic carbocycles. The standard InChI is InChI=1S/C21H17F2NO3S/c22-16-7-3-14(4-8-16)12-20(26)27-13-19(25)24-21(18-2-1-11-28-18)15-5-9-17(23)10-6-15/h1-11,21H,12-13H2,(H,24,25)/t21-/m1/s1. The van der Waals surface area contributed by atoms with E-state index in [9.17, 15) is 18.4 Å². The molecule has 0 saturated heterocycles. The summed E-state index contributed by atoms with van der Waals surface area (Å²) >= 11 is 1.45. The lowest BCUT2D eigenvalue weighted by atomic mass is 10.1. The van der Waals surface area contributed by atoms with Crippen LogP contribution < -0.4 is 5.32 Å². The van der Waals surface area contributed by atoms with E-state index in [0.29, 0.717) is 5.56 Å². The van der Waals surface area contributed by atoms with Gasteiger partial charge in [-0.2, -0.15) is 0 Å². The highest BCUT2D eigenvalue weighted by Crippen LogP contribution is 2.26. The van der Waals surface area contributed by atoms with Crippen LogP contribution in [0.3, 0.4) is 0 Å². The third kappa shape index (κ3) is 5.47. The molecule has 1 aromatic heterocycles. The lowest BCUT2D eigenvalue weighted by molar-refractivity contribution is -0.148. The third-order valence-electron chi connectivity index (χ3n) is 3.96. The normalized spacial score (nSPS) is 11.6. The number of hydrogen-bond donors (Lipinski definition) is 1. The van der Waals surface area contributed by atoms with Crippen molar-refractivity contribution in [2.24, 2.45) is 0 Å². The van der Waals surface area contributed by atoms with Crippen LogP contribution in [-0.2, 0) is 20.7 Å². The molecule has 144 valence electrons. The van der Waals surface area contributed by atoms with Gasteiger partial charge in [0.15, 0.2) is 6.61 Å². The molecule has 1 amide bonds. The molecular weight excluding hydrogens is 384 g/mol. The number of amides is 1. The second-order valence-corrected chi connectivity index (χ2v) is 7.01. The molecule has 1 N–H and O–H groups in total. The van der Waals surface area contributed by atoms with Gasteiger partial charge in [0.2, 0.25) is 0 Å². The first-order valence-electron chi connectivity index (χ1n) is 8.49. The Hall–Kier alpha value is -3.06. The average molecular weight is 401 g/mol. The Kier molecular flexibility index (Phi) is 6.49. The molecule has 0 aliphatic heterocycles. The molecule has 0 bridgehead atoms. The van der Waals surface area contributed by atoms with Gasteiger partial charge in [-0.25, -0.2) is 8.78 Å². The SMILES string of the molecule is O=C(COC(=O)Cc1ccc(F)cc1)N[C@H](c1ccc(F)cc1)c1cccs1. The van der Waals surface area contributed by atoms with Gasteiger partial charge in [0, 0.05) is 4.88 Å². The van der Waals surface area contributed by atoms with Crippen LogP contribution in [0, 0.1) is 11.6 Å². The van der Waals surface area contributed by atoms with Crippen molar-refractivity contribution in [3.05, 3.63) is 93.7 Å². The molecule has 0 saturated carbocycles. The Morgan fingerprint density at radius 2 is 1.61 bits per heavy atom. The zero-order valence-electron chi connectivity index (χ0n) is 14.7. The van der Waals surface area contributed by atoms with Gasteiger partial charge in [-0.05, 0) is 46.8 Å². The number of ether oxygens (including phenoxy) is 1. The second-order valence-electron chi connectivity index (χ2n) is 6.03. The molecule has 28 heavy (non-hydrogen) atoms. The van der Waals surface area contributed by atoms with Crippen LogP contribution in [0.1, 0.15) is 22.0 Å². The molecule has 1 atom stereocenters. The predicted molar refractivity (Wildman–Crippen MR) is 102 cm³/mol. The minimum absolute atomic E-state index is 0.0557. The van der Waals surface area contributed by atoms with Gasteiger partial charge in [-0.15, -0.1) is 11.3 Å². The molecular formula is C21H17F2NO3S. The summed E-state index contributed by atoms with van der Waals surface area (Å²) in [6.07, 6.45) is -0.0557. The maximum atomic E-state index is 13.2. The Morgan fingerprint density at radius 1 is 0.964 bits per heavy atom. The number of esters is 1. The molecule has 3 rings (SSSR count). The van der Waals surface area contributed by atoms with Crippen molar-refractivity contribution in [3.63, 3.8) is 0 Å². The van der Waals surface area contributed by atoms with Crippen LogP contribution in [0.25, 0.3) is 0 Å². The smallest absolute Gasteiger partial charge is 0.310 e. The van der Waals surface area contributed by atoms with E-state index in [2.05, 4.69) is 5.32 Å². The molecule has 1 heterocycles. The number of benzene rings is 2. The maximum Gasteiger partial charge on any atom is 0.310 e. The fourth-order valence-electron chi connectivity index (χ4n) is 2.60. The van der Waals surface area contributed by atoms with Crippen molar-refractivity contribution < 1.29 is 23.1 Å². The van der Waals surface area contributed by atoms with Gasteiger partial charge in [0.1, 0.15) is 11.6 Å². The number of thiophene rings is 1. The summed E-state index contributed by atoms with van der Waals surface area (Å²) in [5.41, 5.74) is 1.31. The molecule has 4 nitrogen and oxygen atoms in total. The first-order chi connectivity index (χ1) is 13.5. The first kappa shape index (κ1) is 19.7. The molecule has 0 aliphatic rings. The number of carbonyl (C=O) groups is 2. The van der Waals surface area contributed by atoms with E-state index < -0.39 is 30.3 Å². The molecule has 0 spiro atoms. The van der Waals surface area contributed by atoms with E-state index in [1.165, 1.54) is 47.7 Å². The van der Waals surface area contributed by atoms with Crippen molar-refractivity contribution in [1.82, 2.24) is 5.32 Å². The molecule has 0 radical (unpaired) electrons. The van der Waals surface area contributed by atoms with Gasteiger partial charge >= 0.3 is 5.97 Å². The van der Waals surface area contributed by atoms with Gasteiger partial charge < -0.3 is 10.1 Å². The average Bonchev–Trinajstić information content (AvgIpc) is 3.22. The zero-order valence-corrected chi connectivity index (χ0v) is 15.5. The minimum Gasteiger partial charge on any atom is -0.455 e. The van der Waals surface area contributed by atoms with Crippen LogP contribution in [0.2, 0.25) is 0 Å². The van der Waals surface area contributed by atoms with Gasteiger partial charge in [-0.3, -0.25) is 9.59 Å². The van der Waals surface area contributed by atoms with E-state index in [0.717, 1.165) is 10.4 Å². The largest absolute Gasteiger partial charge is 0.455 e. The summed E-state index contributed by atoms with van der Waals surface area (Å²) in [7, 11) is 0. The molecule has 0 aliphatic carbocycles.